The summed E-state index contributed by atoms with van der Waals surface area (Å²) in [5.41, 5.74) is 0. The van der Waals surface area contributed by atoms with Gasteiger partial charge in [0.2, 0.25) is 0 Å². The summed E-state index contributed by atoms with van der Waals surface area (Å²) in [5, 5.41) is 15.0. The van der Waals surface area contributed by atoms with E-state index in [9.17, 15) is 0 Å². The van der Waals surface area contributed by atoms with Gasteiger partial charge in [-0.05, 0) is 24.3 Å². The number of aromatic nitrogens is 4. The smallest absolute Gasteiger partial charge is 0.0495 e. The molecule has 0 aliphatic carbocycles. The van der Waals surface area contributed by atoms with Crippen LogP contribution in [-0.4, -0.2) is 20.4 Å². The molecule has 70 valence electrons. The third kappa shape index (κ3) is 5.54. The Kier molecular flexibility index (Phi) is 5.38. The molecule has 0 radical (unpaired) electrons. The molecule has 0 aliphatic rings. The van der Waals surface area contributed by atoms with Crippen molar-refractivity contribution in [1.82, 2.24) is 20.4 Å². The van der Waals surface area contributed by atoms with E-state index in [-0.39, 0.29) is 0 Å². The zero-order chi connectivity index (χ0) is 9.90. The molecule has 0 spiro atoms. The first-order valence-corrected chi connectivity index (χ1v) is 4.10. The van der Waals surface area contributed by atoms with Crippen molar-refractivity contribution in [2.24, 2.45) is 0 Å². The normalized spacial score (nSPS) is 8.00. The molecule has 0 aromatic carbocycles. The maximum Gasteiger partial charge on any atom is 0.0495 e. The average Bonchev–Trinajstić information content (AvgIpc) is 2.22. The van der Waals surface area contributed by atoms with Crippen LogP contribution in [0, 0.1) is 0 Å². The summed E-state index contributed by atoms with van der Waals surface area (Å²) in [6.07, 6.45) is 6.36. The molecule has 0 N–H and O–H groups in total. The Morgan fingerprint density at radius 2 is 0.643 bits per heavy atom. The van der Waals surface area contributed by atoms with Crippen molar-refractivity contribution in [1.29, 1.82) is 0 Å². The first kappa shape index (κ1) is 9.98. The molecule has 1 rings (SSSR count). The Labute approximate surface area is 82.3 Å². The zero-order valence-electron chi connectivity index (χ0n) is 7.56. The minimum Gasteiger partial charge on any atom is -0.159 e. The standard InChI is InChI=1S/C10H10N4/c1-3-7-11-13-9-5-2-6-10-14-12-8-4-1/h1-10H. The molecule has 4 nitrogen and oxygen atoms in total. The highest BCUT2D eigenvalue weighted by Crippen LogP contribution is 1.71. The minimum absolute atomic E-state index is 1.59. The van der Waals surface area contributed by atoms with E-state index in [0.29, 0.717) is 0 Å². The van der Waals surface area contributed by atoms with Gasteiger partial charge in [-0.3, -0.25) is 0 Å². The Morgan fingerprint density at radius 1 is 0.357 bits per heavy atom. The fraction of sp³-hybridized carbons (Fsp3) is 0. The van der Waals surface area contributed by atoms with Crippen LogP contribution >= 0.6 is 0 Å². The molecule has 14 heavy (non-hydrogen) atoms. The van der Waals surface area contributed by atoms with Crippen molar-refractivity contribution < 1.29 is 0 Å². The molecule has 1 heterocycles. The Morgan fingerprint density at radius 3 is 0.929 bits per heavy atom. The second kappa shape index (κ2) is 7.54. The molecule has 0 saturated heterocycles. The van der Waals surface area contributed by atoms with E-state index in [1.54, 1.807) is 61.2 Å². The second-order valence-electron chi connectivity index (χ2n) is 2.21. The van der Waals surface area contributed by atoms with E-state index in [4.69, 9.17) is 0 Å². The van der Waals surface area contributed by atoms with Crippen molar-refractivity contribution >= 4 is 0 Å². The highest BCUT2D eigenvalue weighted by molar-refractivity contribution is 4.85. The van der Waals surface area contributed by atoms with Crippen LogP contribution in [0.5, 0.6) is 0 Å². The van der Waals surface area contributed by atoms with Crippen molar-refractivity contribution in [3.05, 3.63) is 61.2 Å². The highest BCUT2D eigenvalue weighted by Gasteiger charge is 1.60. The lowest BCUT2D eigenvalue weighted by Crippen LogP contribution is -1.68. The largest absolute Gasteiger partial charge is 0.159 e. The van der Waals surface area contributed by atoms with Gasteiger partial charge in [0.25, 0.3) is 0 Å². The fourth-order valence-electron chi connectivity index (χ4n) is 0.635. The van der Waals surface area contributed by atoms with Crippen LogP contribution in [-0.2, 0) is 0 Å². The van der Waals surface area contributed by atoms with Crippen LogP contribution in [0.15, 0.2) is 61.2 Å². The lowest BCUT2D eigenvalue weighted by molar-refractivity contribution is 1.04. The Bertz CT molecular complexity index is 225. The van der Waals surface area contributed by atoms with Crippen molar-refractivity contribution in [3.8, 4) is 0 Å². The maximum absolute atomic E-state index is 3.75. The Balaban J connectivity index is 3.00. The summed E-state index contributed by atoms with van der Waals surface area (Å²) >= 11 is 0. The van der Waals surface area contributed by atoms with Gasteiger partial charge in [-0.1, -0.05) is 12.1 Å². The molecule has 0 aliphatic heterocycles. The maximum atomic E-state index is 3.75. The van der Waals surface area contributed by atoms with Crippen LogP contribution in [0.3, 0.4) is 0 Å². The first-order chi connectivity index (χ1) is 7.00. The van der Waals surface area contributed by atoms with Crippen molar-refractivity contribution in [2.75, 3.05) is 0 Å². The van der Waals surface area contributed by atoms with E-state index in [1.165, 1.54) is 0 Å². The van der Waals surface area contributed by atoms with E-state index < -0.39 is 0 Å². The number of nitrogens with zero attached hydrogens (tertiary/aromatic N) is 4. The van der Waals surface area contributed by atoms with E-state index in [1.807, 2.05) is 0 Å². The van der Waals surface area contributed by atoms with E-state index in [0.717, 1.165) is 0 Å². The lowest BCUT2D eigenvalue weighted by Gasteiger charge is -1.69. The van der Waals surface area contributed by atoms with Crippen molar-refractivity contribution in [2.45, 2.75) is 0 Å². The van der Waals surface area contributed by atoms with E-state index >= 15 is 0 Å². The molecule has 0 fully saturated rings. The van der Waals surface area contributed by atoms with Crippen LogP contribution in [0.4, 0.5) is 0 Å². The SMILES string of the molecule is c1ccnncccccnncc1. The molecule has 0 bridgehead atoms. The topological polar surface area (TPSA) is 51.6 Å². The average molecular weight is 186 g/mol. The molecule has 0 amide bonds. The molecule has 0 saturated carbocycles. The predicted octanol–water partition coefficient (Wildman–Crippen LogP) is 1.52. The Hall–Kier alpha value is -2.10. The number of hydrogen-bond donors (Lipinski definition) is 0. The van der Waals surface area contributed by atoms with Gasteiger partial charge >= 0.3 is 0 Å². The van der Waals surface area contributed by atoms with Gasteiger partial charge in [0.1, 0.15) is 0 Å². The van der Waals surface area contributed by atoms with Gasteiger partial charge in [0.05, 0.1) is 0 Å². The van der Waals surface area contributed by atoms with Crippen molar-refractivity contribution in [3.63, 3.8) is 0 Å². The lowest BCUT2D eigenvalue weighted by atomic mass is 10.5. The predicted molar refractivity (Wildman–Crippen MR) is 52.9 cm³/mol. The third-order valence-electron chi connectivity index (χ3n) is 1.19. The van der Waals surface area contributed by atoms with Gasteiger partial charge < -0.3 is 0 Å². The van der Waals surface area contributed by atoms with Crippen LogP contribution in [0.1, 0.15) is 0 Å². The van der Waals surface area contributed by atoms with Gasteiger partial charge in [-0.25, -0.2) is 0 Å². The van der Waals surface area contributed by atoms with Gasteiger partial charge in [0.15, 0.2) is 0 Å². The summed E-state index contributed by atoms with van der Waals surface area (Å²) in [6, 6.07) is 10.6. The van der Waals surface area contributed by atoms with Gasteiger partial charge in [-0.2, -0.15) is 20.4 Å². The molecule has 0 atom stereocenters. The molecule has 4 heteroatoms. The number of rotatable bonds is 0. The molecule has 1 aromatic rings. The van der Waals surface area contributed by atoms with E-state index in [2.05, 4.69) is 20.4 Å². The second-order valence-corrected chi connectivity index (χ2v) is 2.21. The zero-order valence-corrected chi connectivity index (χ0v) is 7.56. The monoisotopic (exact) mass is 186 g/mol. The highest BCUT2D eigenvalue weighted by atomic mass is 15.1. The quantitative estimate of drug-likeness (QED) is 0.616. The number of hydrogen-bond acceptors (Lipinski definition) is 4. The minimum atomic E-state index is 1.59. The first-order valence-electron chi connectivity index (χ1n) is 4.10. The fourth-order valence-corrected chi connectivity index (χ4v) is 0.635. The molecular weight excluding hydrogens is 176 g/mol. The van der Waals surface area contributed by atoms with Gasteiger partial charge in [-0.15, -0.1) is 0 Å². The summed E-state index contributed by atoms with van der Waals surface area (Å²) in [5.74, 6) is 0. The summed E-state index contributed by atoms with van der Waals surface area (Å²) in [7, 11) is 0. The third-order valence-corrected chi connectivity index (χ3v) is 1.19. The summed E-state index contributed by atoms with van der Waals surface area (Å²) < 4.78 is 0. The van der Waals surface area contributed by atoms with Crippen LogP contribution < -0.4 is 0 Å². The summed E-state index contributed by atoms with van der Waals surface area (Å²) in [4.78, 5) is 0. The van der Waals surface area contributed by atoms with Gasteiger partial charge in [0, 0.05) is 24.8 Å². The summed E-state index contributed by atoms with van der Waals surface area (Å²) in [6.45, 7) is 0. The molecular formula is C10H10N4. The van der Waals surface area contributed by atoms with Crippen LogP contribution in [0.2, 0.25) is 0 Å². The van der Waals surface area contributed by atoms with Crippen LogP contribution in [0.25, 0.3) is 0 Å². The molecule has 1 aromatic heterocycles. The molecule has 0 unspecified atom stereocenters.